The topological polar surface area (TPSA) is 49.3 Å². The maximum Gasteiger partial charge on any atom is 0.220 e. The fourth-order valence-electron chi connectivity index (χ4n) is 1.07. The lowest BCUT2D eigenvalue weighted by atomic mass is 10.1. The highest BCUT2D eigenvalue weighted by Crippen LogP contribution is 2.02. The number of allylic oxidation sites excluding steroid dienone is 1. The van der Waals surface area contributed by atoms with Crippen molar-refractivity contribution in [3.63, 3.8) is 0 Å². The van der Waals surface area contributed by atoms with Crippen LogP contribution in [-0.2, 0) is 4.79 Å². The van der Waals surface area contributed by atoms with E-state index in [1.54, 1.807) is 0 Å². The fourth-order valence-corrected chi connectivity index (χ4v) is 1.07. The lowest BCUT2D eigenvalue weighted by molar-refractivity contribution is -0.121. The molecule has 11 heavy (non-hydrogen) atoms. The van der Waals surface area contributed by atoms with Crippen LogP contribution in [-0.4, -0.2) is 23.7 Å². The Morgan fingerprint density at radius 2 is 2.55 bits per heavy atom. The number of nitrogens with one attached hydrogen (secondary N) is 1. The van der Waals surface area contributed by atoms with Crippen molar-refractivity contribution >= 4 is 5.91 Å². The van der Waals surface area contributed by atoms with Crippen LogP contribution < -0.4 is 5.32 Å². The molecule has 0 aliphatic carbocycles. The zero-order valence-corrected chi connectivity index (χ0v) is 6.42. The second kappa shape index (κ2) is 4.13. The van der Waals surface area contributed by atoms with Gasteiger partial charge in [-0.15, -0.1) is 0 Å². The number of aliphatic hydroxyl groups is 1. The normalized spacial score (nSPS) is 28.5. The summed E-state index contributed by atoms with van der Waals surface area (Å²) in [5.41, 5.74) is 0. The molecule has 0 saturated heterocycles. The molecule has 1 atom stereocenters. The molecular weight excluding hydrogens is 142 g/mol. The predicted molar refractivity (Wildman–Crippen MR) is 42.0 cm³/mol. The van der Waals surface area contributed by atoms with Gasteiger partial charge in [0.15, 0.2) is 0 Å². The molecule has 2 N–H and O–H groups in total. The smallest absolute Gasteiger partial charge is 0.220 e. The first-order chi connectivity index (χ1) is 5.33. The summed E-state index contributed by atoms with van der Waals surface area (Å²) >= 11 is 0. The molecule has 0 saturated carbocycles. The first-order valence-electron chi connectivity index (χ1n) is 3.90. The van der Waals surface area contributed by atoms with E-state index in [0.29, 0.717) is 6.42 Å². The number of amides is 1. The van der Waals surface area contributed by atoms with E-state index in [9.17, 15) is 4.79 Å². The van der Waals surface area contributed by atoms with Crippen molar-refractivity contribution in [2.24, 2.45) is 0 Å². The van der Waals surface area contributed by atoms with Gasteiger partial charge >= 0.3 is 0 Å². The molecule has 62 valence electrons. The first kappa shape index (κ1) is 8.27. The molecular formula is C8H13NO2. The standard InChI is InChI=1S/C8H13NO2/c10-6-7-4-2-1-3-5-8(11)9-7/h2,4,7,10H,1,3,5-6H2,(H,9,11)/b4-2-/t7-/m1/s1. The Kier molecular flexibility index (Phi) is 3.11. The van der Waals surface area contributed by atoms with Crippen LogP contribution in [0.5, 0.6) is 0 Å². The minimum absolute atomic E-state index is 0.0117. The Bertz CT molecular complexity index is 165. The highest BCUT2D eigenvalue weighted by Gasteiger charge is 2.09. The predicted octanol–water partition coefficient (Wildman–Crippen LogP) is 0.204. The molecule has 0 bridgehead atoms. The Labute approximate surface area is 66.1 Å². The van der Waals surface area contributed by atoms with Crippen LogP contribution >= 0.6 is 0 Å². The van der Waals surface area contributed by atoms with Crippen LogP contribution in [0.1, 0.15) is 19.3 Å². The van der Waals surface area contributed by atoms with Gasteiger partial charge in [-0.2, -0.15) is 0 Å². The third-order valence-electron chi connectivity index (χ3n) is 1.69. The van der Waals surface area contributed by atoms with Gasteiger partial charge in [-0.1, -0.05) is 12.2 Å². The van der Waals surface area contributed by atoms with Crippen LogP contribution in [0.2, 0.25) is 0 Å². The van der Waals surface area contributed by atoms with Crippen LogP contribution in [0.15, 0.2) is 12.2 Å². The highest BCUT2D eigenvalue weighted by atomic mass is 16.3. The molecule has 3 nitrogen and oxygen atoms in total. The number of rotatable bonds is 1. The van der Waals surface area contributed by atoms with Crippen LogP contribution in [0.25, 0.3) is 0 Å². The Morgan fingerprint density at radius 1 is 1.73 bits per heavy atom. The molecule has 1 aliphatic rings. The molecule has 0 aromatic carbocycles. The van der Waals surface area contributed by atoms with Crippen LogP contribution in [0.4, 0.5) is 0 Å². The molecule has 0 aromatic heterocycles. The van der Waals surface area contributed by atoms with Gasteiger partial charge in [-0.05, 0) is 12.8 Å². The molecule has 1 amide bonds. The van der Waals surface area contributed by atoms with Crippen LogP contribution in [0.3, 0.4) is 0 Å². The van der Waals surface area contributed by atoms with Crippen molar-refractivity contribution in [3.8, 4) is 0 Å². The van der Waals surface area contributed by atoms with Gasteiger partial charge in [0.25, 0.3) is 0 Å². The quantitative estimate of drug-likeness (QED) is 0.531. The summed E-state index contributed by atoms with van der Waals surface area (Å²) in [4.78, 5) is 10.9. The minimum Gasteiger partial charge on any atom is -0.394 e. The van der Waals surface area contributed by atoms with Gasteiger partial charge in [-0.25, -0.2) is 0 Å². The second-order valence-electron chi connectivity index (χ2n) is 2.68. The number of carbonyl (C=O) groups is 1. The summed E-state index contributed by atoms with van der Waals surface area (Å²) in [6.45, 7) is -0.0117. The van der Waals surface area contributed by atoms with E-state index in [4.69, 9.17) is 5.11 Å². The maximum atomic E-state index is 10.9. The van der Waals surface area contributed by atoms with Crippen molar-refractivity contribution in [1.82, 2.24) is 5.32 Å². The third kappa shape index (κ3) is 2.72. The fraction of sp³-hybridized carbons (Fsp3) is 0.625. The number of hydrogen-bond acceptors (Lipinski definition) is 2. The average molecular weight is 155 g/mol. The number of aliphatic hydroxyl groups excluding tert-OH is 1. The van der Waals surface area contributed by atoms with Crippen LogP contribution in [0, 0.1) is 0 Å². The molecule has 0 spiro atoms. The van der Waals surface area contributed by atoms with Gasteiger partial charge < -0.3 is 10.4 Å². The summed E-state index contributed by atoms with van der Waals surface area (Å²) < 4.78 is 0. The Morgan fingerprint density at radius 3 is 3.27 bits per heavy atom. The average Bonchev–Trinajstić information content (AvgIpc) is 1.96. The first-order valence-corrected chi connectivity index (χ1v) is 3.90. The maximum absolute atomic E-state index is 10.9. The molecule has 3 heteroatoms. The van der Waals surface area contributed by atoms with E-state index in [2.05, 4.69) is 5.32 Å². The summed E-state index contributed by atoms with van der Waals surface area (Å²) in [6, 6.07) is -0.178. The van der Waals surface area contributed by atoms with E-state index in [1.807, 2.05) is 12.2 Å². The van der Waals surface area contributed by atoms with E-state index in [-0.39, 0.29) is 18.6 Å². The van der Waals surface area contributed by atoms with Crippen molar-refractivity contribution in [2.45, 2.75) is 25.3 Å². The summed E-state index contributed by atoms with van der Waals surface area (Å²) in [6.07, 6.45) is 6.25. The lowest BCUT2D eigenvalue weighted by Gasteiger charge is -2.13. The third-order valence-corrected chi connectivity index (χ3v) is 1.69. The summed E-state index contributed by atoms with van der Waals surface area (Å²) in [5.74, 6) is 0.0356. The van der Waals surface area contributed by atoms with Crippen molar-refractivity contribution in [2.75, 3.05) is 6.61 Å². The van der Waals surface area contributed by atoms with E-state index >= 15 is 0 Å². The monoisotopic (exact) mass is 155 g/mol. The zero-order chi connectivity index (χ0) is 8.10. The van der Waals surface area contributed by atoms with E-state index < -0.39 is 0 Å². The van der Waals surface area contributed by atoms with Gasteiger partial charge in [-0.3, -0.25) is 4.79 Å². The SMILES string of the molecule is O=C1CCC/C=C\[C@H](CO)N1. The molecule has 0 unspecified atom stereocenters. The minimum atomic E-state index is -0.178. The Hall–Kier alpha value is -0.830. The van der Waals surface area contributed by atoms with Gasteiger partial charge in [0, 0.05) is 6.42 Å². The molecule has 1 heterocycles. The number of hydrogen-bond donors (Lipinski definition) is 2. The second-order valence-corrected chi connectivity index (χ2v) is 2.68. The lowest BCUT2D eigenvalue weighted by Crippen LogP contribution is -2.36. The number of carbonyl (C=O) groups excluding carboxylic acids is 1. The van der Waals surface area contributed by atoms with Crippen molar-refractivity contribution in [3.05, 3.63) is 12.2 Å². The molecule has 1 aliphatic heterocycles. The molecule has 0 radical (unpaired) electrons. The molecule has 0 fully saturated rings. The summed E-state index contributed by atoms with van der Waals surface area (Å²) in [7, 11) is 0. The van der Waals surface area contributed by atoms with E-state index in [1.165, 1.54) is 0 Å². The largest absolute Gasteiger partial charge is 0.394 e. The molecule has 0 aromatic rings. The van der Waals surface area contributed by atoms with E-state index in [0.717, 1.165) is 12.8 Å². The van der Waals surface area contributed by atoms with Crippen molar-refractivity contribution in [1.29, 1.82) is 0 Å². The zero-order valence-electron chi connectivity index (χ0n) is 6.42. The highest BCUT2D eigenvalue weighted by molar-refractivity contribution is 5.76. The van der Waals surface area contributed by atoms with Gasteiger partial charge in [0.1, 0.15) is 0 Å². The Balaban J connectivity index is 2.50. The molecule has 1 rings (SSSR count). The van der Waals surface area contributed by atoms with Gasteiger partial charge in [0.05, 0.1) is 12.6 Å². The van der Waals surface area contributed by atoms with Crippen molar-refractivity contribution < 1.29 is 9.90 Å². The summed E-state index contributed by atoms with van der Waals surface area (Å²) in [5, 5.41) is 11.5. The van der Waals surface area contributed by atoms with Gasteiger partial charge in [0.2, 0.25) is 5.91 Å².